The minimum absolute atomic E-state index is 0.155. The number of hydrogen-bond donors (Lipinski definition) is 4. The summed E-state index contributed by atoms with van der Waals surface area (Å²) in [7, 11) is -4.29. The number of nitrogens with two attached hydrogens (primary N) is 1. The number of carbonyl (C=O) groups is 1. The van der Waals surface area contributed by atoms with E-state index in [0.29, 0.717) is 11.0 Å². The number of nitrogen functional groups attached to an aromatic ring is 1. The van der Waals surface area contributed by atoms with Crippen molar-refractivity contribution in [3.63, 3.8) is 0 Å². The third kappa shape index (κ3) is 6.88. The van der Waals surface area contributed by atoms with Gasteiger partial charge in [-0.3, -0.25) is 9.32 Å². The monoisotopic (exact) mass is 591 g/mol. The van der Waals surface area contributed by atoms with Gasteiger partial charge in [0.1, 0.15) is 47.4 Å². The van der Waals surface area contributed by atoms with Crippen molar-refractivity contribution in [1.29, 1.82) is 0 Å². The number of esters is 1. The summed E-state index contributed by atoms with van der Waals surface area (Å²) < 4.78 is 38.7. The highest BCUT2D eigenvalue weighted by Gasteiger charge is 2.56. The molecule has 4 rings (SSSR count). The second kappa shape index (κ2) is 11.7. The van der Waals surface area contributed by atoms with Crippen LogP contribution in [0.25, 0.3) is 11.0 Å². The van der Waals surface area contributed by atoms with Crippen LogP contribution in [0.1, 0.15) is 47.8 Å². The van der Waals surface area contributed by atoms with Crippen LogP contribution in [0.2, 0.25) is 0 Å². The number of fused-ring (bicyclic) bond motifs is 1. The Labute approximate surface area is 238 Å². The number of nitrogens with zero attached hydrogens (tertiary/aromatic N) is 3. The highest BCUT2D eigenvalue weighted by molar-refractivity contribution is 7.52. The van der Waals surface area contributed by atoms with Crippen LogP contribution in [0.5, 0.6) is 5.75 Å². The van der Waals surface area contributed by atoms with Crippen LogP contribution in [0.3, 0.4) is 0 Å². The molecule has 7 atom stereocenters. The van der Waals surface area contributed by atoms with Crippen molar-refractivity contribution >= 4 is 30.6 Å². The lowest BCUT2D eigenvalue weighted by Gasteiger charge is -2.30. The zero-order chi connectivity index (χ0) is 30.2. The lowest BCUT2D eigenvalue weighted by atomic mass is 9.94. The summed E-state index contributed by atoms with van der Waals surface area (Å²) in [5.41, 5.74) is 4.27. The molecular weight excluding hydrogens is 553 g/mol. The van der Waals surface area contributed by atoms with E-state index in [1.54, 1.807) is 42.6 Å². The molecule has 0 aliphatic carbocycles. The van der Waals surface area contributed by atoms with Gasteiger partial charge in [-0.25, -0.2) is 14.5 Å². The van der Waals surface area contributed by atoms with Gasteiger partial charge >= 0.3 is 13.7 Å². The molecule has 0 radical (unpaired) electrons. The highest BCUT2D eigenvalue weighted by atomic mass is 31.2. The molecule has 0 spiro atoms. The van der Waals surface area contributed by atoms with Crippen molar-refractivity contribution in [1.82, 2.24) is 19.6 Å². The number of carbonyl (C=O) groups excluding carboxylic acids is 1. The normalized spacial score (nSPS) is 25.9. The number of ether oxygens (including phenoxy) is 2. The topological polar surface area (TPSA) is 180 Å². The van der Waals surface area contributed by atoms with E-state index >= 15 is 0 Å². The molecule has 5 N–H and O–H groups in total. The minimum atomic E-state index is -4.29. The fourth-order valence-electron chi connectivity index (χ4n) is 4.41. The molecule has 1 aliphatic heterocycles. The molecule has 224 valence electrons. The second-order valence-corrected chi connectivity index (χ2v) is 13.2. The summed E-state index contributed by atoms with van der Waals surface area (Å²) in [6, 6.07) is 8.90. The molecule has 3 aromatic rings. The summed E-state index contributed by atoms with van der Waals surface area (Å²) in [6.45, 7) is 10.3. The van der Waals surface area contributed by atoms with Crippen molar-refractivity contribution in [2.45, 2.75) is 77.7 Å². The molecular formula is C27H38N5O8P. The molecule has 41 heavy (non-hydrogen) atoms. The van der Waals surface area contributed by atoms with Crippen LogP contribution in [0, 0.1) is 5.41 Å². The van der Waals surface area contributed by atoms with E-state index in [2.05, 4.69) is 15.1 Å². The van der Waals surface area contributed by atoms with Gasteiger partial charge in [-0.15, -0.1) is 0 Å². The third-order valence-corrected chi connectivity index (χ3v) is 8.34. The van der Waals surface area contributed by atoms with E-state index in [0.717, 1.165) is 0 Å². The van der Waals surface area contributed by atoms with Crippen LogP contribution in [-0.4, -0.2) is 67.3 Å². The zero-order valence-electron chi connectivity index (χ0n) is 23.9. The Balaban J connectivity index is 1.56. The van der Waals surface area contributed by atoms with Crippen molar-refractivity contribution in [2.75, 3.05) is 12.3 Å². The van der Waals surface area contributed by atoms with Crippen molar-refractivity contribution in [3.8, 4) is 5.75 Å². The maximum atomic E-state index is 14.1. The standard InChI is InChI=1S/C27H38N5O8P/c1-16(24(34)37-14-26(3,4)5)31-41(36,40-18-10-8-7-9-11-18)39-17(2)20-21(33)27(6,35)25(38-20)32-13-12-19-22(28)29-15-30-23(19)32/h7-13,15-17,20-21,25,33,35H,14H2,1-6H3,(H,31,36)(H2,28,29,30)/t16-,17?,20+,21+,25+,27+,41?/m0/s1. The number of nitrogens with one attached hydrogen (secondary N) is 1. The van der Waals surface area contributed by atoms with E-state index in [1.165, 1.54) is 31.7 Å². The average Bonchev–Trinajstić information content (AvgIpc) is 3.41. The highest BCUT2D eigenvalue weighted by Crippen LogP contribution is 2.49. The van der Waals surface area contributed by atoms with Crippen molar-refractivity contribution in [3.05, 3.63) is 48.9 Å². The molecule has 13 nitrogen and oxygen atoms in total. The predicted octanol–water partition coefficient (Wildman–Crippen LogP) is 3.18. The average molecular weight is 592 g/mol. The van der Waals surface area contributed by atoms with Gasteiger partial charge in [0.2, 0.25) is 0 Å². The van der Waals surface area contributed by atoms with Gasteiger partial charge in [0.15, 0.2) is 6.23 Å². The summed E-state index contributed by atoms with van der Waals surface area (Å²) in [5, 5.41) is 25.6. The van der Waals surface area contributed by atoms with E-state index in [4.69, 9.17) is 24.3 Å². The van der Waals surface area contributed by atoms with Crippen LogP contribution < -0.4 is 15.3 Å². The van der Waals surface area contributed by atoms with E-state index in [9.17, 15) is 19.6 Å². The Morgan fingerprint density at radius 1 is 1.24 bits per heavy atom. The predicted molar refractivity (Wildman–Crippen MR) is 151 cm³/mol. The molecule has 2 unspecified atom stereocenters. The molecule has 14 heteroatoms. The maximum Gasteiger partial charge on any atom is 0.459 e. The molecule has 0 amide bonds. The molecule has 2 aromatic heterocycles. The number of para-hydroxylation sites is 1. The van der Waals surface area contributed by atoms with E-state index < -0.39 is 49.9 Å². The number of aliphatic hydroxyl groups excluding tert-OH is 1. The molecule has 3 heterocycles. The lowest BCUT2D eigenvalue weighted by molar-refractivity contribution is -0.148. The SMILES string of the molecule is CC(OP(=O)(N[C@@H](C)C(=O)OCC(C)(C)C)Oc1ccccc1)[C@H]1O[C@@H](n2ccc3c(N)ncnc32)[C@](C)(O)[C@@H]1O. The Morgan fingerprint density at radius 3 is 2.59 bits per heavy atom. The number of hydrogen-bond acceptors (Lipinski definition) is 11. The van der Waals surface area contributed by atoms with Crippen LogP contribution in [-0.2, 0) is 23.4 Å². The van der Waals surface area contributed by atoms with Gasteiger partial charge in [-0.2, -0.15) is 5.09 Å². The molecule has 0 bridgehead atoms. The fraction of sp³-hybridized carbons (Fsp3) is 0.519. The van der Waals surface area contributed by atoms with Crippen molar-refractivity contribution in [2.24, 2.45) is 5.41 Å². The number of benzene rings is 1. The summed E-state index contributed by atoms with van der Waals surface area (Å²) in [5.74, 6) is -0.172. The lowest BCUT2D eigenvalue weighted by Crippen LogP contribution is -2.46. The Kier molecular flexibility index (Phi) is 8.79. The minimum Gasteiger partial charge on any atom is -0.464 e. The first-order valence-electron chi connectivity index (χ1n) is 13.2. The largest absolute Gasteiger partial charge is 0.464 e. The first-order valence-corrected chi connectivity index (χ1v) is 14.8. The quantitative estimate of drug-likeness (QED) is 0.200. The first kappa shape index (κ1) is 30.9. The molecule has 1 fully saturated rings. The van der Waals surface area contributed by atoms with E-state index in [1.807, 2.05) is 20.8 Å². The van der Waals surface area contributed by atoms with Gasteiger partial charge in [0, 0.05) is 6.20 Å². The summed E-state index contributed by atoms with van der Waals surface area (Å²) in [6.07, 6.45) is -1.93. The van der Waals surface area contributed by atoms with Gasteiger partial charge < -0.3 is 34.5 Å². The smallest absolute Gasteiger partial charge is 0.459 e. The fourth-order valence-corrected chi connectivity index (χ4v) is 6.11. The number of aromatic nitrogens is 3. The van der Waals surface area contributed by atoms with Crippen LogP contribution in [0.4, 0.5) is 5.82 Å². The van der Waals surface area contributed by atoms with Gasteiger partial charge in [-0.05, 0) is 44.4 Å². The molecule has 1 aromatic carbocycles. The Hall–Kier alpha value is -3.06. The summed E-state index contributed by atoms with van der Waals surface area (Å²) in [4.78, 5) is 20.9. The summed E-state index contributed by atoms with van der Waals surface area (Å²) >= 11 is 0. The number of rotatable bonds is 10. The van der Waals surface area contributed by atoms with Crippen LogP contribution >= 0.6 is 7.75 Å². The van der Waals surface area contributed by atoms with Crippen molar-refractivity contribution < 1.29 is 38.1 Å². The number of aliphatic hydroxyl groups is 2. The van der Waals surface area contributed by atoms with Gasteiger partial charge in [-0.1, -0.05) is 39.0 Å². The second-order valence-electron chi connectivity index (χ2n) is 11.6. The molecule has 1 saturated heterocycles. The zero-order valence-corrected chi connectivity index (χ0v) is 24.8. The molecule has 0 saturated carbocycles. The van der Waals surface area contributed by atoms with Crippen LogP contribution in [0.15, 0.2) is 48.9 Å². The van der Waals surface area contributed by atoms with Gasteiger partial charge in [0.25, 0.3) is 0 Å². The van der Waals surface area contributed by atoms with Gasteiger partial charge in [0.05, 0.1) is 18.1 Å². The number of anilines is 1. The van der Waals surface area contributed by atoms with E-state index in [-0.39, 0.29) is 23.6 Å². The Bertz CT molecular complexity index is 1410. The Morgan fingerprint density at radius 2 is 1.93 bits per heavy atom. The third-order valence-electron chi connectivity index (χ3n) is 6.58. The molecule has 1 aliphatic rings. The maximum absolute atomic E-state index is 14.1. The first-order chi connectivity index (χ1) is 19.1.